The van der Waals surface area contributed by atoms with Crippen molar-refractivity contribution in [3.8, 4) is 0 Å². The molecule has 1 N–H and O–H groups in total. The SMILES string of the molecule is C=CC[C@@H]1CC[C@@H](C(=O)OC(C)(C)C)N1. The molecule has 0 amide bonds. The minimum absolute atomic E-state index is 0.130. The lowest BCUT2D eigenvalue weighted by Crippen LogP contribution is -2.39. The van der Waals surface area contributed by atoms with Crippen LogP contribution in [-0.4, -0.2) is 23.7 Å². The molecular weight excluding hydrogens is 190 g/mol. The third-order valence-corrected chi connectivity index (χ3v) is 2.38. The quantitative estimate of drug-likeness (QED) is 0.573. The number of carbonyl (C=O) groups excluding carboxylic acids is 1. The molecule has 1 aliphatic rings. The molecule has 1 fully saturated rings. The van der Waals surface area contributed by atoms with Gasteiger partial charge in [-0.05, 0) is 40.0 Å². The highest BCUT2D eigenvalue weighted by atomic mass is 16.6. The van der Waals surface area contributed by atoms with Crippen LogP contribution in [0.3, 0.4) is 0 Å². The Morgan fingerprint density at radius 1 is 1.53 bits per heavy atom. The van der Waals surface area contributed by atoms with E-state index in [1.807, 2.05) is 26.8 Å². The van der Waals surface area contributed by atoms with Crippen molar-refractivity contribution in [1.29, 1.82) is 0 Å². The molecule has 1 rings (SSSR count). The fourth-order valence-corrected chi connectivity index (χ4v) is 1.76. The van der Waals surface area contributed by atoms with Crippen LogP contribution in [-0.2, 0) is 9.53 Å². The van der Waals surface area contributed by atoms with E-state index in [-0.39, 0.29) is 12.0 Å². The molecule has 0 aliphatic carbocycles. The predicted molar refractivity (Wildman–Crippen MR) is 60.6 cm³/mol. The van der Waals surface area contributed by atoms with E-state index in [9.17, 15) is 4.79 Å². The van der Waals surface area contributed by atoms with Gasteiger partial charge in [-0.2, -0.15) is 0 Å². The molecule has 0 unspecified atom stereocenters. The molecule has 0 aromatic carbocycles. The lowest BCUT2D eigenvalue weighted by Gasteiger charge is -2.22. The molecule has 2 atom stereocenters. The van der Waals surface area contributed by atoms with Crippen molar-refractivity contribution in [2.45, 2.75) is 57.7 Å². The zero-order valence-electron chi connectivity index (χ0n) is 9.88. The smallest absolute Gasteiger partial charge is 0.323 e. The van der Waals surface area contributed by atoms with Gasteiger partial charge in [-0.1, -0.05) is 6.08 Å². The number of hydrogen-bond acceptors (Lipinski definition) is 3. The van der Waals surface area contributed by atoms with Gasteiger partial charge in [-0.25, -0.2) is 0 Å². The predicted octanol–water partition coefficient (Wildman–Crippen LogP) is 2.02. The standard InChI is InChI=1S/C12H21NO2/c1-5-6-9-7-8-10(13-9)11(14)15-12(2,3)4/h5,9-10,13H,1,6-8H2,2-4H3/t9-,10+/m1/s1. The van der Waals surface area contributed by atoms with E-state index in [0.29, 0.717) is 6.04 Å². The number of rotatable bonds is 3. The minimum atomic E-state index is -0.394. The summed E-state index contributed by atoms with van der Waals surface area (Å²) in [4.78, 5) is 11.7. The molecule has 0 aromatic rings. The third-order valence-electron chi connectivity index (χ3n) is 2.38. The molecule has 1 heterocycles. The maximum Gasteiger partial charge on any atom is 0.323 e. The van der Waals surface area contributed by atoms with E-state index >= 15 is 0 Å². The van der Waals surface area contributed by atoms with Crippen LogP contribution >= 0.6 is 0 Å². The molecule has 86 valence electrons. The highest BCUT2D eigenvalue weighted by Crippen LogP contribution is 2.18. The summed E-state index contributed by atoms with van der Waals surface area (Å²) in [7, 11) is 0. The molecule has 1 saturated heterocycles. The zero-order chi connectivity index (χ0) is 11.5. The van der Waals surface area contributed by atoms with Crippen LogP contribution in [0.5, 0.6) is 0 Å². The topological polar surface area (TPSA) is 38.3 Å². The van der Waals surface area contributed by atoms with E-state index in [1.54, 1.807) is 0 Å². The van der Waals surface area contributed by atoms with Crippen molar-refractivity contribution < 1.29 is 9.53 Å². The Bertz CT molecular complexity index is 242. The van der Waals surface area contributed by atoms with Gasteiger partial charge in [0.2, 0.25) is 0 Å². The van der Waals surface area contributed by atoms with Gasteiger partial charge < -0.3 is 10.1 Å². The molecule has 0 saturated carbocycles. The molecule has 0 spiro atoms. The van der Waals surface area contributed by atoms with Gasteiger partial charge in [-0.3, -0.25) is 4.79 Å². The molecule has 15 heavy (non-hydrogen) atoms. The Morgan fingerprint density at radius 2 is 2.20 bits per heavy atom. The van der Waals surface area contributed by atoms with E-state index in [2.05, 4.69) is 11.9 Å². The Balaban J connectivity index is 2.40. The van der Waals surface area contributed by atoms with Gasteiger partial charge in [0.15, 0.2) is 0 Å². The zero-order valence-corrected chi connectivity index (χ0v) is 9.88. The van der Waals surface area contributed by atoms with Crippen LogP contribution in [0.1, 0.15) is 40.0 Å². The van der Waals surface area contributed by atoms with Crippen molar-refractivity contribution >= 4 is 5.97 Å². The third kappa shape index (κ3) is 4.04. The van der Waals surface area contributed by atoms with Crippen LogP contribution in [0, 0.1) is 0 Å². The van der Waals surface area contributed by atoms with Crippen molar-refractivity contribution in [1.82, 2.24) is 5.32 Å². The lowest BCUT2D eigenvalue weighted by atomic mass is 10.1. The first-order valence-electron chi connectivity index (χ1n) is 5.52. The molecule has 3 heteroatoms. The summed E-state index contributed by atoms with van der Waals surface area (Å²) < 4.78 is 5.32. The van der Waals surface area contributed by atoms with E-state index < -0.39 is 5.60 Å². The maximum absolute atomic E-state index is 11.7. The summed E-state index contributed by atoms with van der Waals surface area (Å²) in [5.74, 6) is -0.130. The number of nitrogens with one attached hydrogen (secondary N) is 1. The monoisotopic (exact) mass is 211 g/mol. The summed E-state index contributed by atoms with van der Waals surface area (Å²) in [6, 6.07) is 0.259. The van der Waals surface area contributed by atoms with E-state index in [4.69, 9.17) is 4.74 Å². The first-order chi connectivity index (χ1) is 6.92. The lowest BCUT2D eigenvalue weighted by molar-refractivity contribution is -0.157. The Kier molecular flexibility index (Phi) is 3.91. The van der Waals surface area contributed by atoms with Gasteiger partial charge in [0, 0.05) is 6.04 Å². The largest absolute Gasteiger partial charge is 0.459 e. The first-order valence-corrected chi connectivity index (χ1v) is 5.52. The van der Waals surface area contributed by atoms with Crippen LogP contribution in [0.2, 0.25) is 0 Å². The normalized spacial score (nSPS) is 26.3. The average Bonchev–Trinajstić information content (AvgIpc) is 2.50. The molecule has 0 radical (unpaired) electrons. The van der Waals surface area contributed by atoms with Gasteiger partial charge in [0.05, 0.1) is 0 Å². The van der Waals surface area contributed by atoms with Gasteiger partial charge in [0.1, 0.15) is 11.6 Å². The van der Waals surface area contributed by atoms with E-state index in [0.717, 1.165) is 19.3 Å². The summed E-state index contributed by atoms with van der Waals surface area (Å²) in [6.07, 6.45) is 4.69. The average molecular weight is 211 g/mol. The summed E-state index contributed by atoms with van der Waals surface area (Å²) in [6.45, 7) is 9.37. The second-order valence-corrected chi connectivity index (χ2v) is 5.05. The second kappa shape index (κ2) is 4.79. The number of esters is 1. The first kappa shape index (κ1) is 12.2. The van der Waals surface area contributed by atoms with Gasteiger partial charge >= 0.3 is 5.97 Å². The minimum Gasteiger partial charge on any atom is -0.459 e. The van der Waals surface area contributed by atoms with Crippen LogP contribution in [0.15, 0.2) is 12.7 Å². The Labute approximate surface area is 91.9 Å². The number of hydrogen-bond donors (Lipinski definition) is 1. The van der Waals surface area contributed by atoms with Crippen LogP contribution in [0.4, 0.5) is 0 Å². The summed E-state index contributed by atoms with van der Waals surface area (Å²) >= 11 is 0. The Morgan fingerprint density at radius 3 is 2.73 bits per heavy atom. The van der Waals surface area contributed by atoms with Crippen molar-refractivity contribution in [2.75, 3.05) is 0 Å². The maximum atomic E-state index is 11.7. The fraction of sp³-hybridized carbons (Fsp3) is 0.750. The second-order valence-electron chi connectivity index (χ2n) is 5.05. The van der Waals surface area contributed by atoms with Crippen molar-refractivity contribution in [2.24, 2.45) is 0 Å². The van der Waals surface area contributed by atoms with E-state index in [1.165, 1.54) is 0 Å². The van der Waals surface area contributed by atoms with Crippen molar-refractivity contribution in [3.05, 3.63) is 12.7 Å². The summed E-state index contributed by atoms with van der Waals surface area (Å²) in [5, 5.41) is 3.27. The van der Waals surface area contributed by atoms with Crippen LogP contribution < -0.4 is 5.32 Å². The highest BCUT2D eigenvalue weighted by molar-refractivity contribution is 5.76. The fourth-order valence-electron chi connectivity index (χ4n) is 1.76. The molecule has 0 bridgehead atoms. The molecular formula is C12H21NO2. The van der Waals surface area contributed by atoms with Gasteiger partial charge in [0.25, 0.3) is 0 Å². The van der Waals surface area contributed by atoms with Crippen LogP contribution in [0.25, 0.3) is 0 Å². The van der Waals surface area contributed by atoms with Crippen molar-refractivity contribution in [3.63, 3.8) is 0 Å². The molecule has 3 nitrogen and oxygen atoms in total. The number of ether oxygens (including phenoxy) is 1. The molecule has 0 aromatic heterocycles. The molecule has 1 aliphatic heterocycles. The summed E-state index contributed by atoms with van der Waals surface area (Å²) in [5.41, 5.74) is -0.394. The highest BCUT2D eigenvalue weighted by Gasteiger charge is 2.31. The van der Waals surface area contributed by atoms with Gasteiger partial charge in [-0.15, -0.1) is 6.58 Å². The Hall–Kier alpha value is -0.830. The number of carbonyl (C=O) groups is 1.